The Bertz CT molecular complexity index is 553. The summed E-state index contributed by atoms with van der Waals surface area (Å²) in [5.41, 5.74) is -0.267. The van der Waals surface area contributed by atoms with Gasteiger partial charge in [0.15, 0.2) is 0 Å². The van der Waals surface area contributed by atoms with Crippen molar-refractivity contribution in [2.45, 2.75) is 27.7 Å². The van der Waals surface area contributed by atoms with Gasteiger partial charge in [-0.1, -0.05) is 0 Å². The van der Waals surface area contributed by atoms with Gasteiger partial charge in [0.1, 0.15) is 0 Å². The van der Waals surface area contributed by atoms with E-state index in [1.165, 1.54) is 6.92 Å². The fraction of sp³-hybridized carbons (Fsp3) is 0.400. The maximum absolute atomic E-state index is 12.1. The topological polar surface area (TPSA) is 55.7 Å². The third kappa shape index (κ3) is 5.27. The number of hydrogen-bond acceptors (Lipinski definition) is 4. The summed E-state index contributed by atoms with van der Waals surface area (Å²) in [5.74, 6) is -0.374. The number of nitrogens with zero attached hydrogens (tertiary/aromatic N) is 1. The summed E-state index contributed by atoms with van der Waals surface area (Å²) in [5, 5.41) is 0.609. The Balaban J connectivity index is 3.18. The fourth-order valence-electron chi connectivity index (χ4n) is 1.46. The van der Waals surface area contributed by atoms with Gasteiger partial charge in [0, 0.05) is 0 Å². The van der Waals surface area contributed by atoms with Crippen LogP contribution >= 0.6 is 11.6 Å². The van der Waals surface area contributed by atoms with Gasteiger partial charge < -0.3 is 0 Å². The van der Waals surface area contributed by atoms with Crippen molar-refractivity contribution in [3.63, 3.8) is 0 Å². The van der Waals surface area contributed by atoms with E-state index < -0.39 is 20.4 Å². The van der Waals surface area contributed by atoms with Gasteiger partial charge in [0.05, 0.1) is 0 Å². The number of halogens is 1. The third-order valence-corrected chi connectivity index (χ3v) is 5.14. The summed E-state index contributed by atoms with van der Waals surface area (Å²) >= 11 is 5.32. The van der Waals surface area contributed by atoms with E-state index in [0.29, 0.717) is 21.9 Å². The summed E-state index contributed by atoms with van der Waals surface area (Å²) in [7, 11) is 0. The van der Waals surface area contributed by atoms with Crippen LogP contribution < -0.4 is 0 Å². The van der Waals surface area contributed by atoms with Gasteiger partial charge in [-0.05, 0) is 0 Å². The van der Waals surface area contributed by atoms with E-state index in [2.05, 4.69) is 4.99 Å². The number of aliphatic imine (C=N–C) groups is 1. The Hall–Kier alpha value is -1.16. The number of rotatable bonds is 6. The molecule has 4 nitrogen and oxygen atoms in total. The standard InChI is InChI=1S/C15H18ClNO3Se/c1-5-20-14(19)15(3,4)13(21-10(2)18)17-12-8-6-11(16)7-9-12/h6-9H,5H2,1-4H3. The second-order valence-electron chi connectivity index (χ2n) is 4.83. The Morgan fingerprint density at radius 3 is 2.33 bits per heavy atom. The molecule has 1 rings (SSSR count). The molecule has 0 unspecified atom stereocenters. The normalized spacial score (nSPS) is 12.1. The molecule has 0 spiro atoms. The van der Waals surface area contributed by atoms with Crippen LogP contribution in [0.5, 0.6) is 0 Å². The van der Waals surface area contributed by atoms with Crippen LogP contribution in [-0.2, 0) is 14.3 Å². The zero-order chi connectivity index (χ0) is 16.0. The first-order valence-corrected chi connectivity index (χ1v) is 8.57. The number of carbonyl (C=O) groups is 2. The summed E-state index contributed by atoms with van der Waals surface area (Å²) in [6.07, 6.45) is 0. The Morgan fingerprint density at radius 1 is 1.29 bits per heavy atom. The van der Waals surface area contributed by atoms with Gasteiger partial charge >= 0.3 is 136 Å². The monoisotopic (exact) mass is 375 g/mol. The van der Waals surface area contributed by atoms with Gasteiger partial charge in [0.25, 0.3) is 0 Å². The summed E-state index contributed by atoms with van der Waals surface area (Å²) < 4.78 is 5.64. The van der Waals surface area contributed by atoms with Gasteiger partial charge in [-0.25, -0.2) is 0 Å². The summed E-state index contributed by atoms with van der Waals surface area (Å²) in [6.45, 7) is 7.00. The van der Waals surface area contributed by atoms with Gasteiger partial charge in [-0.2, -0.15) is 0 Å². The second-order valence-corrected chi connectivity index (χ2v) is 7.71. The van der Waals surface area contributed by atoms with Crippen LogP contribution in [0.3, 0.4) is 0 Å². The fourth-order valence-corrected chi connectivity index (χ4v) is 3.18. The molecule has 21 heavy (non-hydrogen) atoms. The van der Waals surface area contributed by atoms with Crippen molar-refractivity contribution >= 4 is 47.5 Å². The average Bonchev–Trinajstić information content (AvgIpc) is 2.40. The zero-order valence-electron chi connectivity index (χ0n) is 12.5. The zero-order valence-corrected chi connectivity index (χ0v) is 14.9. The molecule has 0 aromatic heterocycles. The molecule has 0 amide bonds. The Labute approximate surface area is 136 Å². The Morgan fingerprint density at radius 2 is 1.86 bits per heavy atom. The predicted octanol–water partition coefficient (Wildman–Crippen LogP) is 3.21. The molecule has 0 radical (unpaired) electrons. The predicted molar refractivity (Wildman–Crippen MR) is 85.4 cm³/mol. The van der Waals surface area contributed by atoms with E-state index in [4.69, 9.17) is 16.3 Å². The molecule has 6 heteroatoms. The molecule has 0 N–H and O–H groups in total. The van der Waals surface area contributed by atoms with Crippen molar-refractivity contribution in [1.29, 1.82) is 0 Å². The molecule has 1 aromatic rings. The first-order valence-electron chi connectivity index (χ1n) is 6.47. The number of esters is 1. The third-order valence-electron chi connectivity index (χ3n) is 2.62. The average molecular weight is 375 g/mol. The van der Waals surface area contributed by atoms with Crippen LogP contribution in [0.4, 0.5) is 5.69 Å². The minimum atomic E-state index is -0.929. The minimum absolute atomic E-state index is 0.00702. The van der Waals surface area contributed by atoms with E-state index in [-0.39, 0.29) is 10.7 Å². The number of ether oxygens (including phenoxy) is 1. The van der Waals surface area contributed by atoms with Crippen LogP contribution in [0.2, 0.25) is 5.02 Å². The first kappa shape index (κ1) is 17.9. The molecular weight excluding hydrogens is 357 g/mol. The molecule has 114 valence electrons. The molecule has 1 aromatic carbocycles. The van der Waals surface area contributed by atoms with Crippen molar-refractivity contribution in [1.82, 2.24) is 0 Å². The summed E-state index contributed by atoms with van der Waals surface area (Å²) in [6, 6.07) is 6.94. The number of benzene rings is 1. The van der Waals surface area contributed by atoms with E-state index in [0.717, 1.165) is 0 Å². The van der Waals surface area contributed by atoms with Crippen LogP contribution in [0.15, 0.2) is 29.3 Å². The Kier molecular flexibility index (Phi) is 6.59. The first-order chi connectivity index (χ1) is 9.77. The molecule has 0 saturated heterocycles. The second kappa shape index (κ2) is 7.74. The quantitative estimate of drug-likeness (QED) is 0.436. The van der Waals surface area contributed by atoms with Crippen molar-refractivity contribution in [3.05, 3.63) is 29.3 Å². The molecule has 0 aliphatic carbocycles. The van der Waals surface area contributed by atoms with Crippen LogP contribution in [0.25, 0.3) is 0 Å². The van der Waals surface area contributed by atoms with Crippen molar-refractivity contribution in [2.75, 3.05) is 6.61 Å². The molecule has 0 heterocycles. The molecule has 0 aliphatic heterocycles. The van der Waals surface area contributed by atoms with Crippen molar-refractivity contribution in [2.24, 2.45) is 10.4 Å². The van der Waals surface area contributed by atoms with E-state index in [1.54, 1.807) is 45.0 Å². The van der Waals surface area contributed by atoms with Crippen molar-refractivity contribution in [3.8, 4) is 0 Å². The van der Waals surface area contributed by atoms with E-state index in [9.17, 15) is 9.59 Å². The molecule has 0 bridgehead atoms. The summed E-state index contributed by atoms with van der Waals surface area (Å²) in [4.78, 5) is 28.1. The molecule has 0 fully saturated rings. The molecule has 0 saturated carbocycles. The van der Waals surface area contributed by atoms with Gasteiger partial charge in [-0.15, -0.1) is 0 Å². The molecule has 0 aliphatic rings. The van der Waals surface area contributed by atoms with Gasteiger partial charge in [-0.3, -0.25) is 0 Å². The number of carbonyl (C=O) groups excluding carboxylic acids is 2. The van der Waals surface area contributed by atoms with E-state index >= 15 is 0 Å². The molecule has 0 atom stereocenters. The van der Waals surface area contributed by atoms with Crippen LogP contribution in [-0.4, -0.2) is 36.8 Å². The SMILES string of the molecule is CCOC(=O)C(C)(C)C(=Nc1ccc(Cl)cc1)[Se]C(C)=O. The molecular formula is C15H18ClNO3Se. The maximum atomic E-state index is 12.1. The van der Waals surface area contributed by atoms with E-state index in [1.807, 2.05) is 0 Å². The number of hydrogen-bond donors (Lipinski definition) is 0. The van der Waals surface area contributed by atoms with Crippen molar-refractivity contribution < 1.29 is 14.3 Å². The van der Waals surface area contributed by atoms with Gasteiger partial charge in [0.2, 0.25) is 0 Å². The van der Waals surface area contributed by atoms with Crippen LogP contribution in [0, 0.1) is 5.41 Å². The van der Waals surface area contributed by atoms with Crippen LogP contribution in [0.1, 0.15) is 27.7 Å².